The van der Waals surface area contributed by atoms with Gasteiger partial charge in [-0.3, -0.25) is 14.4 Å². The number of ether oxygens (including phenoxy) is 1. The summed E-state index contributed by atoms with van der Waals surface area (Å²) in [6.45, 7) is 2.26. The van der Waals surface area contributed by atoms with E-state index in [4.69, 9.17) is 4.74 Å². The summed E-state index contributed by atoms with van der Waals surface area (Å²) in [6.07, 6.45) is 1.36. The van der Waals surface area contributed by atoms with Gasteiger partial charge in [-0.25, -0.2) is 0 Å². The van der Waals surface area contributed by atoms with E-state index < -0.39 is 0 Å². The van der Waals surface area contributed by atoms with E-state index >= 15 is 0 Å². The first-order chi connectivity index (χ1) is 14.1. The number of nitrogens with zero attached hydrogens (tertiary/aromatic N) is 2. The molecule has 152 valence electrons. The van der Waals surface area contributed by atoms with Gasteiger partial charge in [0.1, 0.15) is 5.69 Å². The minimum Gasteiger partial charge on any atom is -0.384 e. The van der Waals surface area contributed by atoms with Gasteiger partial charge < -0.3 is 19.5 Å². The summed E-state index contributed by atoms with van der Waals surface area (Å²) in [5.74, 6) is 0.185. The summed E-state index contributed by atoms with van der Waals surface area (Å²) < 4.78 is 6.79. The Kier molecular flexibility index (Phi) is 5.49. The van der Waals surface area contributed by atoms with Crippen molar-refractivity contribution in [3.8, 4) is 0 Å². The first-order valence-electron chi connectivity index (χ1n) is 9.93. The highest BCUT2D eigenvalue weighted by Crippen LogP contribution is 2.35. The van der Waals surface area contributed by atoms with Crippen molar-refractivity contribution in [2.75, 3.05) is 32.1 Å². The average Bonchev–Trinajstić information content (AvgIpc) is 2.74. The number of nitrogens with one attached hydrogen (secondary N) is 1. The molecule has 1 saturated heterocycles. The number of pyridine rings is 1. The van der Waals surface area contributed by atoms with E-state index in [9.17, 15) is 14.4 Å². The van der Waals surface area contributed by atoms with Gasteiger partial charge in [-0.15, -0.1) is 0 Å². The van der Waals surface area contributed by atoms with E-state index in [-0.39, 0.29) is 34.9 Å². The highest BCUT2D eigenvalue weighted by molar-refractivity contribution is 6.04. The number of carbonyl (C=O) groups is 2. The van der Waals surface area contributed by atoms with Gasteiger partial charge >= 0.3 is 0 Å². The van der Waals surface area contributed by atoms with Crippen LogP contribution in [0, 0.1) is 5.92 Å². The quantitative estimate of drug-likeness (QED) is 0.841. The smallest absolute Gasteiger partial charge is 0.274 e. The molecule has 7 nitrogen and oxygen atoms in total. The van der Waals surface area contributed by atoms with Gasteiger partial charge in [-0.2, -0.15) is 0 Å². The third-order valence-electron chi connectivity index (χ3n) is 5.76. The minimum atomic E-state index is -0.297. The molecule has 0 saturated carbocycles. The number of hydrogen-bond donors (Lipinski definition) is 1. The molecule has 0 radical (unpaired) electrons. The topological polar surface area (TPSA) is 80.6 Å². The lowest BCUT2D eigenvalue weighted by Crippen LogP contribution is -2.49. The summed E-state index contributed by atoms with van der Waals surface area (Å²) in [5.41, 5.74) is 1.56. The average molecular weight is 395 g/mol. The molecule has 2 aromatic rings. The first kappa shape index (κ1) is 19.4. The van der Waals surface area contributed by atoms with Crippen molar-refractivity contribution in [2.24, 2.45) is 5.92 Å². The maximum atomic E-state index is 13.0. The van der Waals surface area contributed by atoms with E-state index in [0.29, 0.717) is 38.2 Å². The van der Waals surface area contributed by atoms with Crippen molar-refractivity contribution >= 4 is 17.5 Å². The number of fused-ring (bicyclic) bond motifs is 4. The zero-order valence-corrected chi connectivity index (χ0v) is 16.5. The van der Waals surface area contributed by atoms with Gasteiger partial charge in [0.05, 0.1) is 13.0 Å². The fraction of sp³-hybridized carbons (Fsp3) is 0.409. The molecule has 2 aliphatic rings. The monoisotopic (exact) mass is 395 g/mol. The molecule has 2 bridgehead atoms. The lowest BCUT2D eigenvalue weighted by atomic mass is 9.83. The van der Waals surface area contributed by atoms with E-state index in [0.717, 1.165) is 12.1 Å². The lowest BCUT2D eigenvalue weighted by molar-refractivity contribution is -0.134. The molecule has 1 aromatic heterocycles. The van der Waals surface area contributed by atoms with Crippen molar-refractivity contribution in [3.63, 3.8) is 0 Å². The van der Waals surface area contributed by atoms with Gasteiger partial charge in [0.25, 0.3) is 11.5 Å². The van der Waals surface area contributed by atoms with Crippen LogP contribution in [0.15, 0.2) is 47.3 Å². The molecule has 3 heterocycles. The number of piperidine rings is 1. The number of amides is 2. The summed E-state index contributed by atoms with van der Waals surface area (Å²) in [7, 11) is 1.59. The lowest BCUT2D eigenvalue weighted by Gasteiger charge is -2.43. The zero-order valence-electron chi connectivity index (χ0n) is 16.5. The number of hydrogen-bond acceptors (Lipinski definition) is 4. The Hall–Kier alpha value is -2.93. The molecule has 1 N–H and O–H groups in total. The molecular weight excluding hydrogens is 370 g/mol. The molecule has 29 heavy (non-hydrogen) atoms. The Bertz CT molecular complexity index is 970. The molecule has 4 rings (SSSR count). The van der Waals surface area contributed by atoms with Crippen molar-refractivity contribution in [2.45, 2.75) is 25.3 Å². The second-order valence-corrected chi connectivity index (χ2v) is 7.75. The standard InChI is InChI=1S/C22H25N3O4/c1-29-10-9-20(26)24-12-15-11-17(14-24)19-8-7-18(22(28)25(19)13-15)23-21(27)16-5-3-2-4-6-16/h2-8,15,17H,9-14H2,1H3,(H,23,27)/t15-,17+/m0/s1. The van der Waals surface area contributed by atoms with E-state index in [1.54, 1.807) is 42.0 Å². The maximum absolute atomic E-state index is 13.0. The van der Waals surface area contributed by atoms with Gasteiger partial charge in [0.15, 0.2) is 0 Å². The van der Waals surface area contributed by atoms with Crippen LogP contribution in [0.25, 0.3) is 0 Å². The predicted molar refractivity (Wildman–Crippen MR) is 109 cm³/mol. The van der Waals surface area contributed by atoms with Gasteiger partial charge in [0.2, 0.25) is 5.91 Å². The Balaban J connectivity index is 1.54. The number of rotatable bonds is 5. The summed E-state index contributed by atoms with van der Waals surface area (Å²) >= 11 is 0. The van der Waals surface area contributed by atoms with Crippen LogP contribution in [0.4, 0.5) is 5.69 Å². The van der Waals surface area contributed by atoms with Crippen LogP contribution in [-0.2, 0) is 16.1 Å². The Morgan fingerprint density at radius 1 is 1.10 bits per heavy atom. The molecule has 0 unspecified atom stereocenters. The fourth-order valence-corrected chi connectivity index (χ4v) is 4.38. The SMILES string of the molecule is COCCC(=O)N1C[C@@H]2C[C@H](C1)c1ccc(NC(=O)c3ccccc3)c(=O)n1C2. The first-order valence-corrected chi connectivity index (χ1v) is 9.93. The summed E-state index contributed by atoms with van der Waals surface area (Å²) in [4.78, 5) is 39.7. The van der Waals surface area contributed by atoms with E-state index in [2.05, 4.69) is 5.32 Å². The Morgan fingerprint density at radius 3 is 2.66 bits per heavy atom. The molecule has 2 aliphatic heterocycles. The molecule has 1 aromatic carbocycles. The Labute approximate surface area is 169 Å². The van der Waals surface area contributed by atoms with Crippen molar-refractivity contribution in [3.05, 3.63) is 64.1 Å². The fourth-order valence-electron chi connectivity index (χ4n) is 4.38. The van der Waals surface area contributed by atoms with Gasteiger partial charge in [0, 0.05) is 43.9 Å². The highest BCUT2D eigenvalue weighted by atomic mass is 16.5. The number of likely N-dealkylation sites (tertiary alicyclic amines) is 1. The van der Waals surface area contributed by atoms with Crippen LogP contribution in [0.3, 0.4) is 0 Å². The van der Waals surface area contributed by atoms with Crippen molar-refractivity contribution in [1.82, 2.24) is 9.47 Å². The summed E-state index contributed by atoms with van der Waals surface area (Å²) in [6, 6.07) is 12.4. The third kappa shape index (κ3) is 3.96. The second kappa shape index (κ2) is 8.21. The molecule has 7 heteroatoms. The molecular formula is C22H25N3O4. The van der Waals surface area contributed by atoms with Crippen LogP contribution in [0.2, 0.25) is 0 Å². The van der Waals surface area contributed by atoms with E-state index in [1.165, 1.54) is 0 Å². The third-order valence-corrected chi connectivity index (χ3v) is 5.76. The minimum absolute atomic E-state index is 0.101. The zero-order chi connectivity index (χ0) is 20.4. The number of anilines is 1. The van der Waals surface area contributed by atoms with Crippen molar-refractivity contribution < 1.29 is 14.3 Å². The molecule has 0 aliphatic carbocycles. The number of benzene rings is 1. The maximum Gasteiger partial charge on any atom is 0.274 e. The normalized spacial score (nSPS) is 20.1. The number of aromatic nitrogens is 1. The van der Waals surface area contributed by atoms with Gasteiger partial charge in [-0.1, -0.05) is 18.2 Å². The number of carbonyl (C=O) groups excluding carboxylic acids is 2. The predicted octanol–water partition coefficient (Wildman–Crippen LogP) is 2.08. The van der Waals surface area contributed by atoms with Crippen LogP contribution < -0.4 is 10.9 Å². The highest BCUT2D eigenvalue weighted by Gasteiger charge is 2.36. The van der Waals surface area contributed by atoms with Crippen LogP contribution in [0.1, 0.15) is 34.8 Å². The molecule has 0 spiro atoms. The van der Waals surface area contributed by atoms with Crippen LogP contribution in [-0.4, -0.2) is 48.1 Å². The molecule has 2 atom stereocenters. The van der Waals surface area contributed by atoms with Crippen LogP contribution >= 0.6 is 0 Å². The number of methoxy groups -OCH3 is 1. The van der Waals surface area contributed by atoms with Crippen LogP contribution in [0.5, 0.6) is 0 Å². The molecule has 2 amide bonds. The van der Waals surface area contributed by atoms with Crippen molar-refractivity contribution in [1.29, 1.82) is 0 Å². The van der Waals surface area contributed by atoms with Gasteiger partial charge in [-0.05, 0) is 36.6 Å². The van der Waals surface area contributed by atoms with E-state index in [1.807, 2.05) is 17.0 Å². The second-order valence-electron chi connectivity index (χ2n) is 7.75. The largest absolute Gasteiger partial charge is 0.384 e. The Morgan fingerprint density at radius 2 is 1.90 bits per heavy atom. The molecule has 1 fully saturated rings. The summed E-state index contributed by atoms with van der Waals surface area (Å²) in [5, 5.41) is 2.74.